The van der Waals surface area contributed by atoms with Gasteiger partial charge in [-0.2, -0.15) is 0 Å². The van der Waals surface area contributed by atoms with Crippen molar-refractivity contribution in [3.05, 3.63) is 60.3 Å². The van der Waals surface area contributed by atoms with E-state index >= 15 is 0 Å². The standard InChI is InChI=1S/C20H24N4O2/c25-19(23-18-10-4-5-12-21-18)11-13-22-20(26)17-9-6-14-24(17)15-16-7-2-1-3-8-16/h1-5,7-8,10,12,17H,6,9,11,13-15H2,(H,22,26)(H,21,23,25)/t17-/m1/s1. The summed E-state index contributed by atoms with van der Waals surface area (Å²) in [7, 11) is 0. The summed E-state index contributed by atoms with van der Waals surface area (Å²) < 4.78 is 0. The quantitative estimate of drug-likeness (QED) is 0.801. The molecule has 1 atom stereocenters. The molecule has 1 aromatic heterocycles. The lowest BCUT2D eigenvalue weighted by Gasteiger charge is -2.23. The number of carbonyl (C=O) groups is 2. The molecular weight excluding hydrogens is 328 g/mol. The van der Waals surface area contributed by atoms with Gasteiger partial charge in [0.2, 0.25) is 11.8 Å². The van der Waals surface area contributed by atoms with E-state index in [0.717, 1.165) is 25.9 Å². The number of carbonyl (C=O) groups excluding carboxylic acids is 2. The van der Waals surface area contributed by atoms with E-state index in [0.29, 0.717) is 12.4 Å². The fraction of sp³-hybridized carbons (Fsp3) is 0.350. The zero-order valence-electron chi connectivity index (χ0n) is 14.7. The highest BCUT2D eigenvalue weighted by Gasteiger charge is 2.30. The second kappa shape index (κ2) is 9.10. The topological polar surface area (TPSA) is 74.3 Å². The van der Waals surface area contributed by atoms with Crippen LogP contribution in [0.4, 0.5) is 5.82 Å². The molecule has 3 rings (SSSR count). The first-order valence-corrected chi connectivity index (χ1v) is 8.99. The number of rotatable bonds is 7. The van der Waals surface area contributed by atoms with Gasteiger partial charge in [-0.15, -0.1) is 0 Å². The summed E-state index contributed by atoms with van der Waals surface area (Å²) in [5.74, 6) is 0.370. The normalized spacial score (nSPS) is 17.0. The molecule has 6 heteroatoms. The average Bonchev–Trinajstić information content (AvgIpc) is 3.11. The molecule has 0 bridgehead atoms. The predicted molar refractivity (Wildman–Crippen MR) is 100 cm³/mol. The predicted octanol–water partition coefficient (Wildman–Crippen LogP) is 2.19. The molecular formula is C20H24N4O2. The summed E-state index contributed by atoms with van der Waals surface area (Å²) in [5, 5.41) is 5.61. The maximum atomic E-state index is 12.5. The van der Waals surface area contributed by atoms with Crippen LogP contribution in [0.2, 0.25) is 0 Å². The second-order valence-electron chi connectivity index (χ2n) is 6.42. The van der Waals surface area contributed by atoms with E-state index in [4.69, 9.17) is 0 Å². The van der Waals surface area contributed by atoms with Crippen molar-refractivity contribution < 1.29 is 9.59 Å². The maximum absolute atomic E-state index is 12.5. The first-order valence-electron chi connectivity index (χ1n) is 8.99. The van der Waals surface area contributed by atoms with Gasteiger partial charge in [0.25, 0.3) is 0 Å². The number of amides is 2. The van der Waals surface area contributed by atoms with E-state index in [2.05, 4.69) is 32.7 Å². The minimum Gasteiger partial charge on any atom is -0.354 e. The fourth-order valence-electron chi connectivity index (χ4n) is 3.19. The van der Waals surface area contributed by atoms with Gasteiger partial charge < -0.3 is 10.6 Å². The minimum absolute atomic E-state index is 0.00377. The molecule has 2 N–H and O–H groups in total. The summed E-state index contributed by atoms with van der Waals surface area (Å²) in [6.45, 7) is 2.03. The Labute approximate surface area is 153 Å². The number of nitrogens with one attached hydrogen (secondary N) is 2. The van der Waals surface area contributed by atoms with Crippen LogP contribution < -0.4 is 10.6 Å². The summed E-state index contributed by atoms with van der Waals surface area (Å²) in [4.78, 5) is 30.7. The maximum Gasteiger partial charge on any atom is 0.237 e. The third-order valence-corrected chi connectivity index (χ3v) is 4.48. The third kappa shape index (κ3) is 5.13. The zero-order valence-corrected chi connectivity index (χ0v) is 14.7. The lowest BCUT2D eigenvalue weighted by Crippen LogP contribution is -2.43. The molecule has 6 nitrogen and oxygen atoms in total. The van der Waals surface area contributed by atoms with Crippen LogP contribution >= 0.6 is 0 Å². The van der Waals surface area contributed by atoms with Crippen LogP contribution in [0, 0.1) is 0 Å². The Morgan fingerprint density at radius 1 is 1.12 bits per heavy atom. The van der Waals surface area contributed by atoms with E-state index in [1.807, 2.05) is 24.3 Å². The number of likely N-dealkylation sites (tertiary alicyclic amines) is 1. The van der Waals surface area contributed by atoms with Gasteiger partial charge in [-0.3, -0.25) is 14.5 Å². The van der Waals surface area contributed by atoms with Crippen molar-refractivity contribution in [1.82, 2.24) is 15.2 Å². The molecule has 1 fully saturated rings. The van der Waals surface area contributed by atoms with Crippen molar-refractivity contribution in [2.45, 2.75) is 31.8 Å². The molecule has 0 spiro atoms. The Kier molecular flexibility index (Phi) is 6.33. The first kappa shape index (κ1) is 18.1. The van der Waals surface area contributed by atoms with Crippen molar-refractivity contribution in [2.75, 3.05) is 18.4 Å². The molecule has 2 aromatic rings. The summed E-state index contributed by atoms with van der Waals surface area (Å²) in [6, 6.07) is 15.4. The van der Waals surface area contributed by atoms with Crippen molar-refractivity contribution in [2.24, 2.45) is 0 Å². The van der Waals surface area contributed by atoms with Crippen molar-refractivity contribution in [3.63, 3.8) is 0 Å². The molecule has 0 saturated carbocycles. The number of nitrogens with zero attached hydrogens (tertiary/aromatic N) is 2. The molecule has 0 radical (unpaired) electrons. The molecule has 0 unspecified atom stereocenters. The molecule has 2 heterocycles. The van der Waals surface area contributed by atoms with Crippen LogP contribution in [0.5, 0.6) is 0 Å². The highest BCUT2D eigenvalue weighted by Crippen LogP contribution is 2.20. The van der Waals surface area contributed by atoms with Crippen molar-refractivity contribution >= 4 is 17.6 Å². The van der Waals surface area contributed by atoms with Crippen LogP contribution in [0.1, 0.15) is 24.8 Å². The molecule has 1 saturated heterocycles. The van der Waals surface area contributed by atoms with Crippen molar-refractivity contribution in [1.29, 1.82) is 0 Å². The van der Waals surface area contributed by atoms with E-state index in [-0.39, 0.29) is 24.3 Å². The summed E-state index contributed by atoms with van der Waals surface area (Å²) in [6.07, 6.45) is 3.73. The van der Waals surface area contributed by atoms with Crippen LogP contribution in [-0.4, -0.2) is 40.8 Å². The van der Waals surface area contributed by atoms with Gasteiger partial charge in [-0.25, -0.2) is 4.98 Å². The largest absolute Gasteiger partial charge is 0.354 e. The Balaban J connectivity index is 1.43. The number of benzene rings is 1. The van der Waals surface area contributed by atoms with Gasteiger partial charge in [-0.1, -0.05) is 36.4 Å². The lowest BCUT2D eigenvalue weighted by atomic mass is 10.1. The second-order valence-corrected chi connectivity index (χ2v) is 6.42. The Bertz CT molecular complexity index is 721. The van der Waals surface area contributed by atoms with E-state index in [1.165, 1.54) is 5.56 Å². The van der Waals surface area contributed by atoms with Gasteiger partial charge in [0.1, 0.15) is 5.82 Å². The molecule has 2 amide bonds. The monoisotopic (exact) mass is 352 g/mol. The highest BCUT2D eigenvalue weighted by molar-refractivity contribution is 5.90. The molecule has 1 aromatic carbocycles. The van der Waals surface area contributed by atoms with Gasteiger partial charge in [0, 0.05) is 25.7 Å². The molecule has 1 aliphatic rings. The lowest BCUT2D eigenvalue weighted by molar-refractivity contribution is -0.125. The van der Waals surface area contributed by atoms with E-state index in [9.17, 15) is 9.59 Å². The average molecular weight is 352 g/mol. The number of hydrogen-bond donors (Lipinski definition) is 2. The fourth-order valence-corrected chi connectivity index (χ4v) is 3.19. The first-order chi connectivity index (χ1) is 12.7. The van der Waals surface area contributed by atoms with Gasteiger partial charge in [-0.05, 0) is 37.1 Å². The van der Waals surface area contributed by atoms with E-state index in [1.54, 1.807) is 18.3 Å². The molecule has 136 valence electrons. The number of hydrogen-bond acceptors (Lipinski definition) is 4. The summed E-state index contributed by atoms with van der Waals surface area (Å²) in [5.41, 5.74) is 1.21. The zero-order chi connectivity index (χ0) is 18.2. The van der Waals surface area contributed by atoms with Crippen molar-refractivity contribution in [3.8, 4) is 0 Å². The SMILES string of the molecule is O=C(CCNC(=O)[C@H]1CCCN1Cc1ccccc1)Nc1ccccn1. The number of aromatic nitrogens is 1. The van der Waals surface area contributed by atoms with Crippen LogP contribution in [0.3, 0.4) is 0 Å². The number of anilines is 1. The smallest absolute Gasteiger partial charge is 0.237 e. The van der Waals surface area contributed by atoms with Gasteiger partial charge in [0.15, 0.2) is 0 Å². The Hall–Kier alpha value is -2.73. The minimum atomic E-state index is -0.156. The van der Waals surface area contributed by atoms with Crippen LogP contribution in [0.25, 0.3) is 0 Å². The van der Waals surface area contributed by atoms with Crippen LogP contribution in [-0.2, 0) is 16.1 Å². The highest BCUT2D eigenvalue weighted by atomic mass is 16.2. The van der Waals surface area contributed by atoms with Gasteiger partial charge in [0.05, 0.1) is 6.04 Å². The molecule has 26 heavy (non-hydrogen) atoms. The molecule has 1 aliphatic heterocycles. The molecule has 0 aliphatic carbocycles. The third-order valence-electron chi connectivity index (χ3n) is 4.48. The Morgan fingerprint density at radius 2 is 1.92 bits per heavy atom. The van der Waals surface area contributed by atoms with Crippen LogP contribution in [0.15, 0.2) is 54.7 Å². The van der Waals surface area contributed by atoms with E-state index < -0.39 is 0 Å². The Morgan fingerprint density at radius 3 is 2.69 bits per heavy atom. The summed E-state index contributed by atoms with van der Waals surface area (Å²) >= 11 is 0. The van der Waals surface area contributed by atoms with Gasteiger partial charge >= 0.3 is 0 Å². The number of pyridine rings is 1.